The summed E-state index contributed by atoms with van der Waals surface area (Å²) >= 11 is 0. The topological polar surface area (TPSA) is 6.48 Å². The average molecular weight is 797 g/mol. The molecule has 0 aromatic heterocycles. The van der Waals surface area contributed by atoms with Crippen LogP contribution >= 0.6 is 0 Å². The summed E-state index contributed by atoms with van der Waals surface area (Å²) in [6, 6.07) is 80.2. The molecule has 0 bridgehead atoms. The lowest BCUT2D eigenvalue weighted by Gasteiger charge is -2.29. The van der Waals surface area contributed by atoms with Gasteiger partial charge in [0.05, 0.1) is 5.69 Å². The fourth-order valence-electron chi connectivity index (χ4n) is 10.3. The molecule has 0 amide bonds. The predicted octanol–water partition coefficient (Wildman–Crippen LogP) is 16.6. The molecular weight excluding hydrogens is 749 g/mol. The first kappa shape index (κ1) is 37.6. The summed E-state index contributed by atoms with van der Waals surface area (Å²) in [7, 11) is 0. The van der Waals surface area contributed by atoms with Crippen LogP contribution in [0.5, 0.6) is 0 Å². The zero-order valence-corrected chi connectivity index (χ0v) is 35.7. The number of para-hydroxylation sites is 2. The predicted molar refractivity (Wildman–Crippen MR) is 262 cm³/mol. The molecule has 298 valence electrons. The fraction of sp³-hybridized carbons (Fsp3) is 0.100. The lowest BCUT2D eigenvalue weighted by Crippen LogP contribution is -2.15. The molecule has 2 nitrogen and oxygen atoms in total. The van der Waals surface area contributed by atoms with E-state index in [2.05, 4.69) is 256 Å². The zero-order valence-electron chi connectivity index (χ0n) is 35.7. The quantitative estimate of drug-likeness (QED) is 0.151. The second-order valence-electron chi connectivity index (χ2n) is 17.8. The van der Waals surface area contributed by atoms with Crippen LogP contribution in [0.3, 0.4) is 0 Å². The van der Waals surface area contributed by atoms with Crippen LogP contribution in [-0.2, 0) is 10.8 Å². The summed E-state index contributed by atoms with van der Waals surface area (Å²) < 4.78 is 0. The highest BCUT2D eigenvalue weighted by molar-refractivity contribution is 5.93. The van der Waals surface area contributed by atoms with Gasteiger partial charge < -0.3 is 9.80 Å². The minimum absolute atomic E-state index is 0.0412. The molecule has 0 fully saturated rings. The molecule has 0 aliphatic heterocycles. The summed E-state index contributed by atoms with van der Waals surface area (Å²) in [4.78, 5) is 4.81. The Labute approximate surface area is 366 Å². The summed E-state index contributed by atoms with van der Waals surface area (Å²) in [5.74, 6) is 0. The maximum Gasteiger partial charge on any atom is 0.0540 e. The number of benzene rings is 9. The van der Waals surface area contributed by atoms with E-state index >= 15 is 0 Å². The normalized spacial score (nSPS) is 13.7. The zero-order chi connectivity index (χ0) is 42.0. The number of fused-ring (bicyclic) bond motifs is 6. The van der Waals surface area contributed by atoms with E-state index in [4.69, 9.17) is 0 Å². The van der Waals surface area contributed by atoms with Gasteiger partial charge >= 0.3 is 0 Å². The molecule has 2 heteroatoms. The molecule has 9 aromatic rings. The van der Waals surface area contributed by atoms with E-state index < -0.39 is 0 Å². The highest BCUT2D eigenvalue weighted by Gasteiger charge is 2.37. The Morgan fingerprint density at radius 3 is 1.21 bits per heavy atom. The van der Waals surface area contributed by atoms with Gasteiger partial charge in [0, 0.05) is 44.8 Å². The van der Waals surface area contributed by atoms with Crippen LogP contribution in [0, 0.1) is 0 Å². The number of nitrogens with zero attached hydrogens (tertiary/aromatic N) is 2. The van der Waals surface area contributed by atoms with E-state index in [1.165, 1.54) is 61.2 Å². The molecule has 2 aliphatic rings. The second kappa shape index (κ2) is 14.6. The van der Waals surface area contributed by atoms with Gasteiger partial charge in [0.1, 0.15) is 0 Å². The Morgan fingerprint density at radius 2 is 0.661 bits per heavy atom. The van der Waals surface area contributed by atoms with E-state index in [0.29, 0.717) is 0 Å². The van der Waals surface area contributed by atoms with Crippen molar-refractivity contribution in [3.05, 3.63) is 241 Å². The van der Waals surface area contributed by atoms with Crippen molar-refractivity contribution in [1.82, 2.24) is 0 Å². The van der Waals surface area contributed by atoms with Crippen LogP contribution in [0.2, 0.25) is 0 Å². The maximum absolute atomic E-state index is 2.43. The van der Waals surface area contributed by atoms with Crippen molar-refractivity contribution in [1.29, 1.82) is 0 Å². The Balaban J connectivity index is 1.01. The molecule has 0 saturated heterocycles. The van der Waals surface area contributed by atoms with Gasteiger partial charge in [0.25, 0.3) is 0 Å². The van der Waals surface area contributed by atoms with E-state index in [1.54, 1.807) is 0 Å². The second-order valence-corrected chi connectivity index (χ2v) is 17.8. The van der Waals surface area contributed by atoms with Crippen LogP contribution in [-0.4, -0.2) is 0 Å². The van der Waals surface area contributed by atoms with E-state index in [9.17, 15) is 0 Å². The minimum atomic E-state index is -0.0584. The maximum atomic E-state index is 2.43. The fourth-order valence-corrected chi connectivity index (χ4v) is 10.3. The van der Waals surface area contributed by atoms with Gasteiger partial charge in [-0.15, -0.1) is 0 Å². The molecule has 9 aromatic carbocycles. The van der Waals surface area contributed by atoms with Gasteiger partial charge in [-0.1, -0.05) is 173 Å². The molecule has 0 heterocycles. The minimum Gasteiger partial charge on any atom is -0.310 e. The van der Waals surface area contributed by atoms with E-state index in [0.717, 1.165) is 39.7 Å². The third-order valence-electron chi connectivity index (χ3n) is 13.5. The molecule has 11 rings (SSSR count). The highest BCUT2D eigenvalue weighted by atomic mass is 15.1. The van der Waals surface area contributed by atoms with Gasteiger partial charge in [-0.25, -0.2) is 0 Å². The highest BCUT2D eigenvalue weighted by Crippen LogP contribution is 2.53. The summed E-state index contributed by atoms with van der Waals surface area (Å²) in [5, 5.41) is 0. The lowest BCUT2D eigenvalue weighted by atomic mass is 9.82. The Bertz CT molecular complexity index is 3110. The third-order valence-corrected chi connectivity index (χ3v) is 13.5. The molecule has 2 aliphatic carbocycles. The molecule has 0 saturated carbocycles. The first-order valence-electron chi connectivity index (χ1n) is 21.8. The average Bonchev–Trinajstić information content (AvgIpc) is 3.69. The van der Waals surface area contributed by atoms with Crippen LogP contribution in [0.1, 0.15) is 49.9 Å². The molecule has 62 heavy (non-hydrogen) atoms. The number of rotatable bonds is 8. The van der Waals surface area contributed by atoms with Gasteiger partial charge in [-0.05, 0) is 134 Å². The molecule has 0 atom stereocenters. The summed E-state index contributed by atoms with van der Waals surface area (Å²) in [6.07, 6.45) is 0. The standard InChI is InChI=1S/C60H48N2/c1-59(2)54-26-16-14-24-49(54)52-39-47(33-35-56(52)59)61(44-20-10-6-11-21-44)46-31-28-41(29-32-46)43-30-37-58(51(38-43)42-18-8-5-9-19-42)62(45-22-12-7-13-23-45)48-34-36-57-53(40-48)50-25-15-17-27-55(50)60(57,3)4/h5-40H,1-4H3. The Hall–Kier alpha value is -7.42. The van der Waals surface area contributed by atoms with Gasteiger partial charge in [-0.2, -0.15) is 0 Å². The van der Waals surface area contributed by atoms with Crippen molar-refractivity contribution in [2.24, 2.45) is 0 Å². The molecule has 0 unspecified atom stereocenters. The van der Waals surface area contributed by atoms with Gasteiger partial charge in [0.15, 0.2) is 0 Å². The SMILES string of the molecule is CC1(C)c2ccccc2-c2cc(N(c3ccccc3)c3ccc(-c4ccc(N(c5ccccc5)c5ccc6c(c5)-c5ccccc5C6(C)C)c(-c5ccccc5)c4)cc3)ccc21. The largest absolute Gasteiger partial charge is 0.310 e. The van der Waals surface area contributed by atoms with E-state index in [-0.39, 0.29) is 10.8 Å². The van der Waals surface area contributed by atoms with Crippen molar-refractivity contribution >= 4 is 34.1 Å². The number of anilines is 6. The van der Waals surface area contributed by atoms with Crippen molar-refractivity contribution in [3.63, 3.8) is 0 Å². The first-order valence-corrected chi connectivity index (χ1v) is 21.8. The number of hydrogen-bond acceptors (Lipinski definition) is 2. The number of hydrogen-bond donors (Lipinski definition) is 0. The van der Waals surface area contributed by atoms with Crippen molar-refractivity contribution in [3.8, 4) is 44.5 Å². The smallest absolute Gasteiger partial charge is 0.0540 e. The van der Waals surface area contributed by atoms with Crippen LogP contribution in [0.25, 0.3) is 44.5 Å². The first-order chi connectivity index (χ1) is 30.3. The summed E-state index contributed by atoms with van der Waals surface area (Å²) in [6.45, 7) is 9.37. The Kier molecular flexibility index (Phi) is 8.87. The van der Waals surface area contributed by atoms with Crippen LogP contribution < -0.4 is 9.80 Å². The van der Waals surface area contributed by atoms with E-state index in [1.807, 2.05) is 0 Å². The van der Waals surface area contributed by atoms with Crippen molar-refractivity contribution < 1.29 is 0 Å². The Morgan fingerprint density at radius 1 is 0.258 bits per heavy atom. The van der Waals surface area contributed by atoms with Crippen LogP contribution in [0.4, 0.5) is 34.1 Å². The molecule has 0 spiro atoms. The molecule has 0 radical (unpaired) electrons. The third kappa shape index (κ3) is 6.09. The molecular formula is C60H48N2. The lowest BCUT2D eigenvalue weighted by molar-refractivity contribution is 0.660. The van der Waals surface area contributed by atoms with Crippen molar-refractivity contribution in [2.45, 2.75) is 38.5 Å². The summed E-state index contributed by atoms with van der Waals surface area (Å²) in [5.41, 5.74) is 22.1. The van der Waals surface area contributed by atoms with Gasteiger partial charge in [0.2, 0.25) is 0 Å². The van der Waals surface area contributed by atoms with Gasteiger partial charge in [-0.3, -0.25) is 0 Å². The molecule has 0 N–H and O–H groups in total. The van der Waals surface area contributed by atoms with Crippen LogP contribution in [0.15, 0.2) is 218 Å². The monoisotopic (exact) mass is 796 g/mol. The van der Waals surface area contributed by atoms with Crippen molar-refractivity contribution in [2.75, 3.05) is 9.80 Å².